The van der Waals surface area contributed by atoms with Crippen LogP contribution >= 0.6 is 11.8 Å². The van der Waals surface area contributed by atoms with E-state index in [9.17, 15) is 9.59 Å². The highest BCUT2D eigenvalue weighted by Crippen LogP contribution is 2.26. The molecule has 3 aromatic rings. The SMILES string of the molecule is COc1ccccc1NC(=O)C(=Cc1ccc(SC)cc1)C(=O)Nc1ccccc1OC. The summed E-state index contributed by atoms with van der Waals surface area (Å²) in [5.41, 5.74) is 1.60. The Hall–Kier alpha value is -3.71. The van der Waals surface area contributed by atoms with Crippen LogP contribution in [0, 0.1) is 0 Å². The van der Waals surface area contributed by atoms with E-state index in [4.69, 9.17) is 9.47 Å². The lowest BCUT2D eigenvalue weighted by atomic mass is 10.1. The second kappa shape index (κ2) is 11.1. The molecule has 2 N–H and O–H groups in total. The van der Waals surface area contributed by atoms with Crippen LogP contribution < -0.4 is 20.1 Å². The molecular weight excluding hydrogens is 424 g/mol. The summed E-state index contributed by atoms with van der Waals surface area (Å²) in [4.78, 5) is 27.4. The Morgan fingerprint density at radius 1 is 0.750 bits per heavy atom. The van der Waals surface area contributed by atoms with Gasteiger partial charge in [-0.3, -0.25) is 9.59 Å². The summed E-state index contributed by atoms with van der Waals surface area (Å²) in [6.07, 6.45) is 3.54. The van der Waals surface area contributed by atoms with Crippen LogP contribution in [-0.2, 0) is 9.59 Å². The fourth-order valence-electron chi connectivity index (χ4n) is 2.98. The number of benzene rings is 3. The van der Waals surface area contributed by atoms with Crippen molar-refractivity contribution in [1.82, 2.24) is 0 Å². The number of amides is 2. The first kappa shape index (κ1) is 23.0. The van der Waals surface area contributed by atoms with Crippen molar-refractivity contribution >= 4 is 41.0 Å². The molecule has 0 aliphatic carbocycles. The lowest BCUT2D eigenvalue weighted by Crippen LogP contribution is -2.25. The zero-order chi connectivity index (χ0) is 22.9. The monoisotopic (exact) mass is 448 g/mol. The van der Waals surface area contributed by atoms with Crippen molar-refractivity contribution in [3.05, 3.63) is 83.9 Å². The van der Waals surface area contributed by atoms with E-state index < -0.39 is 11.8 Å². The highest BCUT2D eigenvalue weighted by atomic mass is 32.2. The maximum absolute atomic E-state index is 13.2. The Balaban J connectivity index is 1.95. The first-order valence-electron chi connectivity index (χ1n) is 9.80. The average molecular weight is 449 g/mol. The van der Waals surface area contributed by atoms with Crippen LogP contribution in [0.4, 0.5) is 11.4 Å². The number of hydrogen-bond donors (Lipinski definition) is 2. The van der Waals surface area contributed by atoms with E-state index in [-0.39, 0.29) is 5.57 Å². The first-order chi connectivity index (χ1) is 15.5. The zero-order valence-electron chi connectivity index (χ0n) is 18.0. The summed E-state index contributed by atoms with van der Waals surface area (Å²) >= 11 is 1.61. The normalized spacial score (nSPS) is 10.1. The summed E-state index contributed by atoms with van der Waals surface area (Å²) in [5, 5.41) is 5.54. The zero-order valence-corrected chi connectivity index (χ0v) is 18.9. The van der Waals surface area contributed by atoms with Crippen LogP contribution in [0.15, 0.2) is 83.3 Å². The van der Waals surface area contributed by atoms with Crippen LogP contribution in [0.5, 0.6) is 11.5 Å². The highest BCUT2D eigenvalue weighted by molar-refractivity contribution is 7.98. The predicted octanol–water partition coefficient (Wildman–Crippen LogP) is 5.09. The maximum atomic E-state index is 13.2. The fourth-order valence-corrected chi connectivity index (χ4v) is 3.38. The van der Waals surface area contributed by atoms with E-state index in [0.29, 0.717) is 22.9 Å². The molecule has 0 fully saturated rings. The second-order valence-electron chi connectivity index (χ2n) is 6.64. The molecule has 0 spiro atoms. The van der Waals surface area contributed by atoms with E-state index >= 15 is 0 Å². The largest absolute Gasteiger partial charge is 0.495 e. The number of nitrogens with one attached hydrogen (secondary N) is 2. The molecule has 3 rings (SSSR count). The number of rotatable bonds is 8. The Kier molecular flexibility index (Phi) is 7.94. The predicted molar refractivity (Wildman–Crippen MR) is 129 cm³/mol. The third kappa shape index (κ3) is 5.70. The molecule has 2 amide bonds. The Morgan fingerprint density at radius 2 is 1.22 bits per heavy atom. The molecule has 0 atom stereocenters. The molecule has 0 bridgehead atoms. The van der Waals surface area contributed by atoms with E-state index in [1.165, 1.54) is 14.2 Å². The Bertz CT molecular complexity index is 1060. The number of para-hydroxylation sites is 4. The standard InChI is InChI=1S/C25H24N2O4S/c1-30-22-10-6-4-8-20(22)26-24(28)19(16-17-12-14-18(32-3)15-13-17)25(29)27-21-9-5-7-11-23(21)31-2/h4-16H,1-3H3,(H,26,28)(H,27,29). The lowest BCUT2D eigenvalue weighted by molar-refractivity contribution is -0.118. The van der Waals surface area contributed by atoms with Gasteiger partial charge in [0.25, 0.3) is 11.8 Å². The molecule has 0 aliphatic heterocycles. The maximum Gasteiger partial charge on any atom is 0.261 e. The smallest absolute Gasteiger partial charge is 0.261 e. The molecule has 0 saturated heterocycles. The van der Waals surface area contributed by atoms with Gasteiger partial charge < -0.3 is 20.1 Å². The van der Waals surface area contributed by atoms with Crippen molar-refractivity contribution in [2.75, 3.05) is 31.1 Å². The van der Waals surface area contributed by atoms with Gasteiger partial charge in [0.2, 0.25) is 0 Å². The minimum atomic E-state index is -0.559. The van der Waals surface area contributed by atoms with Crippen molar-refractivity contribution in [2.45, 2.75) is 4.90 Å². The van der Waals surface area contributed by atoms with Crippen molar-refractivity contribution in [1.29, 1.82) is 0 Å². The summed E-state index contributed by atoms with van der Waals surface area (Å²) in [6.45, 7) is 0. The van der Waals surface area contributed by atoms with E-state index in [2.05, 4.69) is 10.6 Å². The Labute approximate surface area is 191 Å². The van der Waals surface area contributed by atoms with E-state index in [0.717, 1.165) is 10.5 Å². The molecule has 0 radical (unpaired) electrons. The molecule has 164 valence electrons. The van der Waals surface area contributed by atoms with Crippen LogP contribution in [0.25, 0.3) is 6.08 Å². The summed E-state index contributed by atoms with van der Waals surface area (Å²) in [7, 11) is 3.03. The molecular formula is C25H24N2O4S. The minimum Gasteiger partial charge on any atom is -0.495 e. The third-order valence-electron chi connectivity index (χ3n) is 4.63. The second-order valence-corrected chi connectivity index (χ2v) is 7.52. The number of carbonyl (C=O) groups excluding carboxylic acids is 2. The van der Waals surface area contributed by atoms with E-state index in [1.807, 2.05) is 30.5 Å². The van der Waals surface area contributed by atoms with Crippen LogP contribution in [0.2, 0.25) is 0 Å². The van der Waals surface area contributed by atoms with Crippen molar-refractivity contribution in [3.63, 3.8) is 0 Å². The van der Waals surface area contributed by atoms with Gasteiger partial charge in [0.05, 0.1) is 25.6 Å². The van der Waals surface area contributed by atoms with Gasteiger partial charge in [0.1, 0.15) is 17.1 Å². The molecule has 6 nitrogen and oxygen atoms in total. The molecule has 0 aromatic heterocycles. The van der Waals surface area contributed by atoms with Gasteiger partial charge in [-0.1, -0.05) is 36.4 Å². The summed E-state index contributed by atoms with van der Waals surface area (Å²) < 4.78 is 10.6. The van der Waals surface area contributed by atoms with Gasteiger partial charge >= 0.3 is 0 Å². The van der Waals surface area contributed by atoms with Crippen molar-refractivity contribution in [3.8, 4) is 11.5 Å². The minimum absolute atomic E-state index is 0.0567. The van der Waals surface area contributed by atoms with Gasteiger partial charge in [0, 0.05) is 4.90 Å². The topological polar surface area (TPSA) is 76.7 Å². The van der Waals surface area contributed by atoms with Crippen molar-refractivity contribution < 1.29 is 19.1 Å². The van der Waals surface area contributed by atoms with Crippen LogP contribution in [0.3, 0.4) is 0 Å². The van der Waals surface area contributed by atoms with Gasteiger partial charge in [-0.2, -0.15) is 0 Å². The third-order valence-corrected chi connectivity index (χ3v) is 5.37. The molecule has 0 unspecified atom stereocenters. The number of methoxy groups -OCH3 is 2. The van der Waals surface area contributed by atoms with E-state index in [1.54, 1.807) is 66.4 Å². The molecule has 0 heterocycles. The van der Waals surface area contributed by atoms with Gasteiger partial charge in [0.15, 0.2) is 0 Å². The first-order valence-corrected chi connectivity index (χ1v) is 11.0. The van der Waals surface area contributed by atoms with Crippen molar-refractivity contribution in [2.24, 2.45) is 0 Å². The highest BCUT2D eigenvalue weighted by Gasteiger charge is 2.21. The lowest BCUT2D eigenvalue weighted by Gasteiger charge is -2.14. The summed E-state index contributed by atoms with van der Waals surface area (Å²) in [5.74, 6) is -0.129. The van der Waals surface area contributed by atoms with Crippen LogP contribution in [0.1, 0.15) is 5.56 Å². The van der Waals surface area contributed by atoms with Gasteiger partial charge in [-0.05, 0) is 54.3 Å². The van der Waals surface area contributed by atoms with Gasteiger partial charge in [-0.25, -0.2) is 0 Å². The number of thioether (sulfide) groups is 1. The quantitative estimate of drug-likeness (QED) is 0.217. The average Bonchev–Trinajstić information content (AvgIpc) is 2.83. The van der Waals surface area contributed by atoms with Gasteiger partial charge in [-0.15, -0.1) is 11.8 Å². The number of hydrogen-bond acceptors (Lipinski definition) is 5. The molecule has 0 saturated carbocycles. The molecule has 7 heteroatoms. The fraction of sp³-hybridized carbons (Fsp3) is 0.120. The number of ether oxygens (including phenoxy) is 2. The number of carbonyl (C=O) groups is 2. The molecule has 32 heavy (non-hydrogen) atoms. The summed E-state index contributed by atoms with van der Waals surface area (Å²) in [6, 6.07) is 21.6. The van der Waals surface area contributed by atoms with Crippen LogP contribution in [-0.4, -0.2) is 32.3 Å². The Morgan fingerprint density at radius 3 is 1.66 bits per heavy atom. The molecule has 3 aromatic carbocycles. The number of anilines is 2. The molecule has 0 aliphatic rings.